The molecule has 4 aliphatic rings. The molecule has 0 aromatic carbocycles. The number of fused-ring (bicyclic) bond motifs is 5. The van der Waals surface area contributed by atoms with Crippen LogP contribution in [0.2, 0.25) is 0 Å². The highest BCUT2D eigenvalue weighted by atomic mass is 16.2. The fraction of sp³-hybridized carbons (Fsp3) is 0.867. The smallest absolute Gasteiger partial charge is 0.222 e. The van der Waals surface area contributed by atoms with Gasteiger partial charge >= 0.3 is 0 Å². The summed E-state index contributed by atoms with van der Waals surface area (Å²) in [6, 6.07) is 0.575. The van der Waals surface area contributed by atoms with Gasteiger partial charge < -0.3 is 4.90 Å². The third-order valence-corrected chi connectivity index (χ3v) is 5.60. The van der Waals surface area contributed by atoms with Crippen LogP contribution in [0.3, 0.4) is 0 Å². The molecule has 0 aliphatic carbocycles. The molecular formula is C15H23N2O+. The molecule has 4 rings (SSSR count). The lowest BCUT2D eigenvalue weighted by molar-refractivity contribution is -0.551. The summed E-state index contributed by atoms with van der Waals surface area (Å²) in [7, 11) is 0. The summed E-state index contributed by atoms with van der Waals surface area (Å²) in [5.74, 6) is 1.89. The van der Waals surface area contributed by atoms with Gasteiger partial charge in [0.25, 0.3) is 0 Å². The summed E-state index contributed by atoms with van der Waals surface area (Å²) in [5, 5.41) is 0. The van der Waals surface area contributed by atoms with Crippen molar-refractivity contribution in [2.45, 2.75) is 51.0 Å². The number of carbonyl (C=O) groups excluding carboxylic acids is 1. The van der Waals surface area contributed by atoms with Gasteiger partial charge in [-0.05, 0) is 25.7 Å². The maximum absolute atomic E-state index is 12.1. The minimum Gasteiger partial charge on any atom is -0.338 e. The van der Waals surface area contributed by atoms with Crippen LogP contribution in [0, 0.1) is 11.8 Å². The van der Waals surface area contributed by atoms with E-state index in [0.717, 1.165) is 25.3 Å². The molecular weight excluding hydrogens is 224 g/mol. The zero-order valence-corrected chi connectivity index (χ0v) is 11.1. The van der Waals surface area contributed by atoms with Crippen molar-refractivity contribution in [1.29, 1.82) is 0 Å². The van der Waals surface area contributed by atoms with Crippen LogP contribution in [0.1, 0.15) is 44.9 Å². The normalized spacial score (nSPS) is 39.4. The van der Waals surface area contributed by atoms with Crippen LogP contribution in [0.15, 0.2) is 0 Å². The zero-order chi connectivity index (χ0) is 12.1. The first kappa shape index (κ1) is 11.0. The second-order valence-corrected chi connectivity index (χ2v) is 6.59. The summed E-state index contributed by atoms with van der Waals surface area (Å²) >= 11 is 0. The van der Waals surface area contributed by atoms with Gasteiger partial charge in [-0.3, -0.25) is 4.79 Å². The molecule has 0 unspecified atom stereocenters. The van der Waals surface area contributed by atoms with E-state index < -0.39 is 0 Å². The maximum Gasteiger partial charge on any atom is 0.222 e. The molecule has 0 N–H and O–H groups in total. The van der Waals surface area contributed by atoms with E-state index in [1.165, 1.54) is 45.2 Å². The van der Waals surface area contributed by atoms with Gasteiger partial charge in [0.15, 0.2) is 5.71 Å². The van der Waals surface area contributed by atoms with Crippen LogP contribution in [-0.4, -0.2) is 46.8 Å². The summed E-state index contributed by atoms with van der Waals surface area (Å²) < 4.78 is 2.68. The van der Waals surface area contributed by atoms with E-state index in [0.29, 0.717) is 17.9 Å². The van der Waals surface area contributed by atoms with Crippen LogP contribution in [-0.2, 0) is 4.79 Å². The van der Waals surface area contributed by atoms with Crippen LogP contribution >= 0.6 is 0 Å². The molecule has 0 radical (unpaired) electrons. The van der Waals surface area contributed by atoms with Crippen molar-refractivity contribution in [3.05, 3.63) is 0 Å². The number of rotatable bonds is 0. The van der Waals surface area contributed by atoms with E-state index in [9.17, 15) is 4.79 Å². The van der Waals surface area contributed by atoms with Crippen molar-refractivity contribution in [2.24, 2.45) is 11.8 Å². The summed E-state index contributed by atoms with van der Waals surface area (Å²) in [6.45, 7) is 3.55. The second kappa shape index (κ2) is 4.07. The molecule has 0 saturated carbocycles. The maximum atomic E-state index is 12.1. The van der Waals surface area contributed by atoms with Gasteiger partial charge in [0.05, 0.1) is 5.92 Å². The SMILES string of the molecule is O=C1CCC[C@@H]2[C@H]3C[C@@H](CN12)C1=[N+](CCCC1)C3. The Kier molecular flexibility index (Phi) is 2.49. The van der Waals surface area contributed by atoms with Crippen molar-refractivity contribution in [2.75, 3.05) is 19.6 Å². The highest BCUT2D eigenvalue weighted by Gasteiger charge is 2.48. The number of hydrogen-bond donors (Lipinski definition) is 0. The molecule has 2 fully saturated rings. The van der Waals surface area contributed by atoms with Crippen LogP contribution in [0.25, 0.3) is 0 Å². The largest absolute Gasteiger partial charge is 0.338 e. The van der Waals surface area contributed by atoms with Crippen molar-refractivity contribution in [3.8, 4) is 0 Å². The number of amides is 1. The van der Waals surface area contributed by atoms with Gasteiger partial charge in [-0.25, -0.2) is 4.58 Å². The summed E-state index contributed by atoms with van der Waals surface area (Å²) in [6.07, 6.45) is 8.57. The molecule has 0 aromatic rings. The predicted octanol–water partition coefficient (Wildman–Crippen LogP) is 1.65. The third-order valence-electron chi connectivity index (χ3n) is 5.60. The molecule has 2 bridgehead atoms. The Morgan fingerprint density at radius 1 is 1.17 bits per heavy atom. The Bertz CT molecular complexity index is 415. The summed E-state index contributed by atoms with van der Waals surface area (Å²) in [5.41, 5.74) is 1.69. The van der Waals surface area contributed by atoms with Gasteiger partial charge in [0, 0.05) is 37.8 Å². The van der Waals surface area contributed by atoms with E-state index in [1.54, 1.807) is 5.71 Å². The Morgan fingerprint density at radius 2 is 2.11 bits per heavy atom. The fourth-order valence-corrected chi connectivity index (χ4v) is 4.81. The first-order chi connectivity index (χ1) is 8.83. The van der Waals surface area contributed by atoms with Crippen molar-refractivity contribution in [1.82, 2.24) is 4.90 Å². The Labute approximate surface area is 109 Å². The fourth-order valence-electron chi connectivity index (χ4n) is 4.81. The lowest BCUT2D eigenvalue weighted by Crippen LogP contribution is -2.60. The zero-order valence-electron chi connectivity index (χ0n) is 11.1. The lowest BCUT2D eigenvalue weighted by atomic mass is 9.73. The molecule has 3 nitrogen and oxygen atoms in total. The van der Waals surface area contributed by atoms with E-state index in [4.69, 9.17) is 0 Å². The Hall–Kier alpha value is -0.860. The molecule has 3 heteroatoms. The van der Waals surface area contributed by atoms with Crippen LogP contribution < -0.4 is 0 Å². The van der Waals surface area contributed by atoms with Crippen molar-refractivity contribution < 1.29 is 9.37 Å². The molecule has 18 heavy (non-hydrogen) atoms. The highest BCUT2D eigenvalue weighted by Crippen LogP contribution is 2.38. The monoisotopic (exact) mass is 247 g/mol. The van der Waals surface area contributed by atoms with Gasteiger partial charge in [0.2, 0.25) is 5.91 Å². The Morgan fingerprint density at radius 3 is 3.06 bits per heavy atom. The molecule has 4 aliphatic heterocycles. The van der Waals surface area contributed by atoms with Gasteiger partial charge in [-0.1, -0.05) is 0 Å². The average Bonchev–Trinajstić information content (AvgIpc) is 2.40. The standard InChI is InChI=1S/C15H23N2O/c18-15-6-3-5-14-11-8-12(10-17(14)15)13-4-1-2-7-16(13)9-11/h11-12,14H,1-10H2/q+1/t11-,12-,14+/m0/s1. The molecule has 2 saturated heterocycles. The predicted molar refractivity (Wildman–Crippen MR) is 69.8 cm³/mol. The first-order valence-electron chi connectivity index (χ1n) is 7.73. The van der Waals surface area contributed by atoms with Crippen molar-refractivity contribution in [3.63, 3.8) is 0 Å². The molecule has 3 atom stereocenters. The van der Waals surface area contributed by atoms with E-state index in [1.807, 2.05) is 0 Å². The van der Waals surface area contributed by atoms with E-state index in [-0.39, 0.29) is 0 Å². The number of hydrogen-bond acceptors (Lipinski definition) is 1. The number of carbonyl (C=O) groups is 1. The lowest BCUT2D eigenvalue weighted by Gasteiger charge is -2.48. The van der Waals surface area contributed by atoms with Crippen LogP contribution in [0.5, 0.6) is 0 Å². The average molecular weight is 247 g/mol. The number of piperidine rings is 2. The molecule has 0 spiro atoms. The molecule has 98 valence electrons. The van der Waals surface area contributed by atoms with Gasteiger partial charge in [0.1, 0.15) is 13.1 Å². The quantitative estimate of drug-likeness (QED) is 0.597. The highest BCUT2D eigenvalue weighted by molar-refractivity contribution is 5.85. The first-order valence-corrected chi connectivity index (χ1v) is 7.73. The third kappa shape index (κ3) is 1.55. The topological polar surface area (TPSA) is 23.3 Å². The second-order valence-electron chi connectivity index (χ2n) is 6.59. The molecule has 0 aromatic heterocycles. The molecule has 1 amide bonds. The van der Waals surface area contributed by atoms with Gasteiger partial charge in [-0.15, -0.1) is 0 Å². The van der Waals surface area contributed by atoms with E-state index in [2.05, 4.69) is 9.48 Å². The Balaban J connectivity index is 1.67. The minimum absolute atomic E-state index is 0.436. The molecule has 4 heterocycles. The number of nitrogens with zero attached hydrogens (tertiary/aromatic N) is 2. The summed E-state index contributed by atoms with van der Waals surface area (Å²) in [4.78, 5) is 14.4. The van der Waals surface area contributed by atoms with Gasteiger partial charge in [-0.2, -0.15) is 0 Å². The van der Waals surface area contributed by atoms with Crippen LogP contribution in [0.4, 0.5) is 0 Å². The van der Waals surface area contributed by atoms with E-state index >= 15 is 0 Å². The minimum atomic E-state index is 0.436. The van der Waals surface area contributed by atoms with Crippen molar-refractivity contribution >= 4 is 11.6 Å².